The van der Waals surface area contributed by atoms with Gasteiger partial charge in [0.15, 0.2) is 5.78 Å². The SMILES string of the molecule is O=C1c2cc(S(=O)[O-])ccc2-c2ccc(S(=O)[O-])cc21. The quantitative estimate of drug-likeness (QED) is 0.666. The van der Waals surface area contributed by atoms with E-state index in [1.807, 2.05) is 0 Å². The molecule has 0 saturated heterocycles. The van der Waals surface area contributed by atoms with E-state index in [1.54, 1.807) is 12.1 Å². The molecule has 2 atom stereocenters. The zero-order chi connectivity index (χ0) is 14.4. The molecule has 0 saturated carbocycles. The maximum Gasteiger partial charge on any atom is 0.194 e. The third kappa shape index (κ3) is 1.95. The maximum absolute atomic E-state index is 12.2. The Morgan fingerprint density at radius 1 is 0.700 bits per heavy atom. The molecule has 2 unspecified atom stereocenters. The van der Waals surface area contributed by atoms with Gasteiger partial charge >= 0.3 is 0 Å². The van der Waals surface area contributed by atoms with Crippen LogP contribution in [0.3, 0.4) is 0 Å². The lowest BCUT2D eigenvalue weighted by molar-refractivity contribution is 0.104. The van der Waals surface area contributed by atoms with Crippen molar-refractivity contribution in [2.75, 3.05) is 0 Å². The summed E-state index contributed by atoms with van der Waals surface area (Å²) in [5, 5.41) is 0. The molecule has 2 aromatic carbocycles. The molecule has 0 amide bonds. The lowest BCUT2D eigenvalue weighted by Gasteiger charge is -2.07. The Morgan fingerprint density at radius 3 is 1.45 bits per heavy atom. The van der Waals surface area contributed by atoms with Gasteiger partial charge in [0, 0.05) is 20.9 Å². The van der Waals surface area contributed by atoms with Crippen LogP contribution in [0, 0.1) is 0 Å². The Kier molecular flexibility index (Phi) is 3.14. The van der Waals surface area contributed by atoms with Crippen LogP contribution in [-0.2, 0) is 22.2 Å². The third-order valence-electron chi connectivity index (χ3n) is 3.15. The van der Waals surface area contributed by atoms with Crippen LogP contribution in [0.2, 0.25) is 0 Å². The van der Waals surface area contributed by atoms with Crippen LogP contribution < -0.4 is 0 Å². The molecule has 0 aromatic heterocycles. The zero-order valence-electron chi connectivity index (χ0n) is 9.82. The molecule has 2 aromatic rings. The maximum atomic E-state index is 12.2. The number of hydrogen-bond acceptors (Lipinski definition) is 5. The molecular formula is C13H6O5S2-2. The summed E-state index contributed by atoms with van der Waals surface area (Å²) in [4.78, 5) is 12.3. The highest BCUT2D eigenvalue weighted by molar-refractivity contribution is 7.79. The van der Waals surface area contributed by atoms with Crippen LogP contribution in [0.1, 0.15) is 15.9 Å². The highest BCUT2D eigenvalue weighted by Gasteiger charge is 2.27. The van der Waals surface area contributed by atoms with Gasteiger partial charge in [-0.2, -0.15) is 0 Å². The highest BCUT2D eigenvalue weighted by atomic mass is 32.2. The van der Waals surface area contributed by atoms with Crippen LogP contribution in [0.4, 0.5) is 0 Å². The van der Waals surface area contributed by atoms with Gasteiger partial charge in [0.25, 0.3) is 0 Å². The van der Waals surface area contributed by atoms with Gasteiger partial charge in [-0.15, -0.1) is 0 Å². The fourth-order valence-corrected chi connectivity index (χ4v) is 3.03. The minimum Gasteiger partial charge on any atom is -0.768 e. The fourth-order valence-electron chi connectivity index (χ4n) is 2.24. The fraction of sp³-hybridized carbons (Fsp3) is 0. The largest absolute Gasteiger partial charge is 0.768 e. The number of rotatable bonds is 2. The van der Waals surface area contributed by atoms with E-state index in [1.165, 1.54) is 24.3 Å². The van der Waals surface area contributed by atoms with Crippen molar-refractivity contribution in [3.05, 3.63) is 47.5 Å². The first-order chi connectivity index (χ1) is 9.49. The summed E-state index contributed by atoms with van der Waals surface area (Å²) in [5.41, 5.74) is 1.77. The second-order valence-corrected chi connectivity index (χ2v) is 6.09. The molecule has 7 heteroatoms. The molecule has 0 aliphatic heterocycles. The highest BCUT2D eigenvalue weighted by Crippen LogP contribution is 2.38. The monoisotopic (exact) mass is 306 g/mol. The van der Waals surface area contributed by atoms with Crippen molar-refractivity contribution in [1.82, 2.24) is 0 Å². The minimum absolute atomic E-state index is 0.0255. The standard InChI is InChI=1S/C13H8O5S2/c14-13-11-5-7(19(15)16)1-3-9(11)10-4-2-8(20(17)18)6-12(10)13/h1-6H,(H,15,16)(H,17,18)/p-2. The summed E-state index contributed by atoms with van der Waals surface area (Å²) < 4.78 is 43.7. The Balaban J connectivity index is 2.21. The van der Waals surface area contributed by atoms with Gasteiger partial charge in [0.05, 0.1) is 0 Å². The predicted molar refractivity (Wildman–Crippen MR) is 69.7 cm³/mol. The summed E-state index contributed by atoms with van der Waals surface area (Å²) >= 11 is -4.83. The van der Waals surface area contributed by atoms with E-state index in [4.69, 9.17) is 0 Å². The van der Waals surface area contributed by atoms with Gasteiger partial charge in [-0.3, -0.25) is 13.2 Å². The van der Waals surface area contributed by atoms with Gasteiger partial charge in [-0.1, -0.05) is 12.1 Å². The van der Waals surface area contributed by atoms with Crippen LogP contribution in [0.15, 0.2) is 46.2 Å². The molecule has 0 bridgehead atoms. The van der Waals surface area contributed by atoms with Crippen molar-refractivity contribution >= 4 is 27.9 Å². The number of carbonyl (C=O) groups is 1. The van der Waals surface area contributed by atoms with Crippen molar-refractivity contribution < 1.29 is 22.3 Å². The van der Waals surface area contributed by atoms with Crippen molar-refractivity contribution in [2.24, 2.45) is 0 Å². The van der Waals surface area contributed by atoms with E-state index >= 15 is 0 Å². The molecule has 0 fully saturated rings. The van der Waals surface area contributed by atoms with Crippen molar-refractivity contribution in [3.8, 4) is 11.1 Å². The summed E-state index contributed by atoms with van der Waals surface area (Å²) in [7, 11) is 0. The summed E-state index contributed by atoms with van der Waals surface area (Å²) in [6.07, 6.45) is 0. The van der Waals surface area contributed by atoms with Crippen LogP contribution in [-0.4, -0.2) is 23.3 Å². The van der Waals surface area contributed by atoms with E-state index in [0.29, 0.717) is 11.1 Å². The van der Waals surface area contributed by atoms with Gasteiger partial charge < -0.3 is 9.11 Å². The van der Waals surface area contributed by atoms with Crippen molar-refractivity contribution in [2.45, 2.75) is 9.79 Å². The first-order valence-corrected chi connectivity index (χ1v) is 7.65. The lowest BCUT2D eigenvalue weighted by Crippen LogP contribution is -1.98. The number of carbonyl (C=O) groups excluding carboxylic acids is 1. The van der Waals surface area contributed by atoms with E-state index in [2.05, 4.69) is 0 Å². The topological polar surface area (TPSA) is 97.3 Å². The molecule has 0 heterocycles. The van der Waals surface area contributed by atoms with Gasteiger partial charge in [-0.25, -0.2) is 0 Å². The van der Waals surface area contributed by atoms with Gasteiger partial charge in [0.2, 0.25) is 0 Å². The van der Waals surface area contributed by atoms with Crippen molar-refractivity contribution in [1.29, 1.82) is 0 Å². The Bertz CT molecular complexity index is 732. The van der Waals surface area contributed by atoms with Crippen LogP contribution in [0.25, 0.3) is 11.1 Å². The third-order valence-corrected chi connectivity index (χ3v) is 4.42. The Morgan fingerprint density at radius 2 is 1.10 bits per heavy atom. The first kappa shape index (κ1) is 13.3. The molecule has 1 aliphatic carbocycles. The van der Waals surface area contributed by atoms with Crippen LogP contribution in [0.5, 0.6) is 0 Å². The average molecular weight is 306 g/mol. The number of ketones is 1. The number of fused-ring (bicyclic) bond motifs is 3. The summed E-state index contributed by atoms with van der Waals surface area (Å²) in [5.74, 6) is -0.366. The van der Waals surface area contributed by atoms with Crippen molar-refractivity contribution in [3.63, 3.8) is 0 Å². The van der Waals surface area contributed by atoms with E-state index in [0.717, 1.165) is 0 Å². The summed E-state index contributed by atoms with van der Waals surface area (Å²) in [6, 6.07) is 8.52. The van der Waals surface area contributed by atoms with E-state index < -0.39 is 22.2 Å². The minimum atomic E-state index is -2.41. The molecule has 102 valence electrons. The van der Waals surface area contributed by atoms with Crippen LogP contribution >= 0.6 is 0 Å². The molecular weight excluding hydrogens is 300 g/mol. The Hall–Kier alpha value is -1.67. The number of hydrogen-bond donors (Lipinski definition) is 0. The summed E-state index contributed by atoms with van der Waals surface area (Å²) in [6.45, 7) is 0. The number of benzene rings is 2. The Labute approximate surface area is 119 Å². The smallest absolute Gasteiger partial charge is 0.194 e. The second kappa shape index (κ2) is 4.71. The molecule has 0 radical (unpaired) electrons. The predicted octanol–water partition coefficient (Wildman–Crippen LogP) is 1.37. The normalized spacial score (nSPS) is 15.6. The average Bonchev–Trinajstić information content (AvgIpc) is 2.71. The lowest BCUT2D eigenvalue weighted by atomic mass is 10.1. The second-order valence-electron chi connectivity index (χ2n) is 4.21. The van der Waals surface area contributed by atoms with Gasteiger partial charge in [0.1, 0.15) is 0 Å². The zero-order valence-corrected chi connectivity index (χ0v) is 11.5. The first-order valence-electron chi connectivity index (χ1n) is 5.51. The van der Waals surface area contributed by atoms with Gasteiger partial charge in [-0.05, 0) is 57.6 Å². The molecule has 0 spiro atoms. The molecule has 5 nitrogen and oxygen atoms in total. The molecule has 20 heavy (non-hydrogen) atoms. The molecule has 0 N–H and O–H groups in total. The molecule has 3 rings (SSSR count). The van der Waals surface area contributed by atoms with E-state index in [-0.39, 0.29) is 26.7 Å². The van der Waals surface area contributed by atoms with E-state index in [9.17, 15) is 22.3 Å². The molecule has 1 aliphatic rings.